The molecule has 2 heterocycles. The van der Waals surface area contributed by atoms with Crippen molar-refractivity contribution in [1.82, 2.24) is 10.2 Å². The number of hydrogen-bond acceptors (Lipinski definition) is 9. The highest BCUT2D eigenvalue weighted by atomic mass is 32.1. The molecule has 0 fully saturated rings. The summed E-state index contributed by atoms with van der Waals surface area (Å²) in [5.41, 5.74) is 3.52. The molecule has 0 amide bonds. The van der Waals surface area contributed by atoms with Gasteiger partial charge in [0.2, 0.25) is 0 Å². The van der Waals surface area contributed by atoms with E-state index in [0.717, 1.165) is 16.0 Å². The van der Waals surface area contributed by atoms with E-state index in [-0.39, 0.29) is 23.4 Å². The molecule has 46 heavy (non-hydrogen) atoms. The van der Waals surface area contributed by atoms with Crippen molar-refractivity contribution >= 4 is 29.0 Å². The third-order valence-corrected chi connectivity index (χ3v) is 8.67. The van der Waals surface area contributed by atoms with Gasteiger partial charge in [-0.2, -0.15) is 0 Å². The second-order valence-electron chi connectivity index (χ2n) is 11.1. The van der Waals surface area contributed by atoms with Gasteiger partial charge in [0.05, 0.1) is 22.0 Å². The van der Waals surface area contributed by atoms with E-state index < -0.39 is 28.9 Å². The number of ether oxygens (including phenoxy) is 2. The smallest absolute Gasteiger partial charge is 0.337 e. The summed E-state index contributed by atoms with van der Waals surface area (Å²) < 4.78 is 12.0. The van der Waals surface area contributed by atoms with Gasteiger partial charge in [0.1, 0.15) is 12.7 Å². The molecule has 1 aliphatic rings. The molecule has 1 aliphatic heterocycles. The molecule has 4 aromatic rings. The first-order valence-electron chi connectivity index (χ1n) is 14.8. The van der Waals surface area contributed by atoms with E-state index in [1.165, 1.54) is 23.5 Å². The Balaban J connectivity index is 1.47. The second-order valence-corrected chi connectivity index (χ2v) is 12.1. The molecule has 0 aliphatic carbocycles. The van der Waals surface area contributed by atoms with Gasteiger partial charge < -0.3 is 14.8 Å². The standard InChI is InChI=1S/C36H35N3O6S/c1-24-32(35(40)44-23-27-14-8-5-9-15-27)34(28-16-10-17-29(20-28)39(42)43)33(25(2)37-24)36(41)45-30(31-18-11-19-46-31)22-38(3)21-26-12-6-4-7-13-26/h4-20,30,34,37H,21-23H2,1-3H3. The summed E-state index contributed by atoms with van der Waals surface area (Å²) in [6, 6.07) is 29.1. The van der Waals surface area contributed by atoms with Crippen molar-refractivity contribution in [2.75, 3.05) is 13.6 Å². The minimum Gasteiger partial charge on any atom is -0.457 e. The Hall–Kier alpha value is -5.06. The molecule has 10 heteroatoms. The third-order valence-electron chi connectivity index (χ3n) is 7.71. The van der Waals surface area contributed by atoms with Gasteiger partial charge in [-0.15, -0.1) is 11.3 Å². The maximum Gasteiger partial charge on any atom is 0.337 e. The number of nitrogens with zero attached hydrogens (tertiary/aromatic N) is 2. The van der Waals surface area contributed by atoms with Crippen molar-refractivity contribution in [3.8, 4) is 0 Å². The molecule has 1 N–H and O–H groups in total. The number of carbonyl (C=O) groups excluding carboxylic acids is 2. The number of benzene rings is 3. The van der Waals surface area contributed by atoms with Crippen LogP contribution in [-0.4, -0.2) is 35.4 Å². The first-order valence-corrected chi connectivity index (χ1v) is 15.7. The molecular weight excluding hydrogens is 602 g/mol. The summed E-state index contributed by atoms with van der Waals surface area (Å²) in [6.45, 7) is 4.55. The molecule has 9 nitrogen and oxygen atoms in total. The lowest BCUT2D eigenvalue weighted by atomic mass is 9.80. The van der Waals surface area contributed by atoms with Gasteiger partial charge in [-0.1, -0.05) is 78.9 Å². The minimum absolute atomic E-state index is 0.0226. The minimum atomic E-state index is -0.969. The molecule has 3 aromatic carbocycles. The summed E-state index contributed by atoms with van der Waals surface area (Å²) in [4.78, 5) is 42.2. The summed E-state index contributed by atoms with van der Waals surface area (Å²) >= 11 is 1.49. The largest absolute Gasteiger partial charge is 0.457 e. The highest BCUT2D eigenvalue weighted by Crippen LogP contribution is 2.41. The Labute approximate surface area is 271 Å². The molecular formula is C36H35N3O6S. The molecule has 236 valence electrons. The van der Waals surface area contributed by atoms with Gasteiger partial charge >= 0.3 is 11.9 Å². The predicted molar refractivity (Wildman–Crippen MR) is 177 cm³/mol. The Bertz CT molecular complexity index is 1750. The number of hydrogen-bond donors (Lipinski definition) is 1. The Morgan fingerprint density at radius 1 is 0.891 bits per heavy atom. The van der Waals surface area contributed by atoms with Gasteiger partial charge in [0.15, 0.2) is 0 Å². The fraction of sp³-hybridized carbons (Fsp3) is 0.222. The second kappa shape index (κ2) is 14.8. The predicted octanol–water partition coefficient (Wildman–Crippen LogP) is 7.05. The first-order chi connectivity index (χ1) is 22.2. The maximum absolute atomic E-state index is 14.3. The van der Waals surface area contributed by atoms with E-state index in [1.54, 1.807) is 26.0 Å². The molecule has 0 spiro atoms. The Kier molecular flexibility index (Phi) is 10.4. The van der Waals surface area contributed by atoms with E-state index in [1.807, 2.05) is 85.2 Å². The maximum atomic E-state index is 14.3. The number of thiophene rings is 1. The number of allylic oxidation sites excluding steroid dienone is 2. The fourth-order valence-electron chi connectivity index (χ4n) is 5.58. The third kappa shape index (κ3) is 7.77. The molecule has 0 radical (unpaired) electrons. The molecule has 5 rings (SSSR count). The average molecular weight is 638 g/mol. The van der Waals surface area contributed by atoms with Crippen molar-refractivity contribution in [2.24, 2.45) is 0 Å². The van der Waals surface area contributed by atoms with Gasteiger partial charge in [0.25, 0.3) is 5.69 Å². The van der Waals surface area contributed by atoms with Gasteiger partial charge in [0, 0.05) is 41.5 Å². The molecule has 1 aromatic heterocycles. The van der Waals surface area contributed by atoms with Crippen molar-refractivity contribution in [3.05, 3.63) is 157 Å². The summed E-state index contributed by atoms with van der Waals surface area (Å²) in [5.74, 6) is -2.24. The zero-order chi connectivity index (χ0) is 32.6. The number of nitro groups is 1. The quantitative estimate of drug-likeness (QED) is 0.1000. The Morgan fingerprint density at radius 3 is 2.17 bits per heavy atom. The van der Waals surface area contributed by atoms with Crippen molar-refractivity contribution in [2.45, 2.75) is 39.0 Å². The van der Waals surface area contributed by atoms with Crippen LogP contribution in [-0.2, 0) is 32.2 Å². The number of non-ortho nitro benzene ring substituents is 1. The fourth-order valence-corrected chi connectivity index (χ4v) is 6.33. The lowest BCUT2D eigenvalue weighted by Crippen LogP contribution is -2.34. The van der Waals surface area contributed by atoms with Crippen LogP contribution in [0.15, 0.2) is 125 Å². The SMILES string of the molecule is CC1=C(C(=O)OCc2ccccc2)C(c2cccc([N+](=O)[O-])c2)C(C(=O)OC(CN(C)Cc2ccccc2)c2cccs2)=C(C)N1. The zero-order valence-corrected chi connectivity index (χ0v) is 26.7. The number of carbonyl (C=O) groups is 2. The molecule has 2 atom stereocenters. The molecule has 2 unspecified atom stereocenters. The highest BCUT2D eigenvalue weighted by molar-refractivity contribution is 7.10. The van der Waals surface area contributed by atoms with Crippen molar-refractivity contribution in [3.63, 3.8) is 0 Å². The lowest BCUT2D eigenvalue weighted by molar-refractivity contribution is -0.384. The van der Waals surface area contributed by atoms with E-state index in [9.17, 15) is 19.7 Å². The van der Waals surface area contributed by atoms with Crippen LogP contribution in [0.3, 0.4) is 0 Å². The van der Waals surface area contributed by atoms with Crippen LogP contribution in [0.1, 0.15) is 47.4 Å². The van der Waals surface area contributed by atoms with Crippen LogP contribution in [0.4, 0.5) is 5.69 Å². The van der Waals surface area contributed by atoms with E-state index in [0.29, 0.717) is 30.0 Å². The van der Waals surface area contributed by atoms with Crippen molar-refractivity contribution in [1.29, 1.82) is 0 Å². The number of nitro benzene ring substituents is 1. The highest BCUT2D eigenvalue weighted by Gasteiger charge is 2.39. The van der Waals surface area contributed by atoms with Gasteiger partial charge in [-0.25, -0.2) is 9.59 Å². The zero-order valence-electron chi connectivity index (χ0n) is 25.8. The van der Waals surface area contributed by atoms with Crippen LogP contribution in [0.25, 0.3) is 0 Å². The lowest BCUT2D eigenvalue weighted by Gasteiger charge is -2.32. The van der Waals surface area contributed by atoms with E-state index >= 15 is 0 Å². The monoisotopic (exact) mass is 637 g/mol. The number of nitrogens with one attached hydrogen (secondary N) is 1. The average Bonchev–Trinajstić information content (AvgIpc) is 3.59. The van der Waals surface area contributed by atoms with Crippen molar-refractivity contribution < 1.29 is 24.0 Å². The normalized spacial score (nSPS) is 15.3. The van der Waals surface area contributed by atoms with E-state index in [4.69, 9.17) is 9.47 Å². The molecule has 0 bridgehead atoms. The van der Waals surface area contributed by atoms with Gasteiger partial charge in [-0.05, 0) is 49.0 Å². The summed E-state index contributed by atoms with van der Waals surface area (Å²) in [5, 5.41) is 16.9. The molecule has 0 saturated carbocycles. The van der Waals surface area contributed by atoms with Crippen LogP contribution in [0.5, 0.6) is 0 Å². The topological polar surface area (TPSA) is 111 Å². The summed E-state index contributed by atoms with van der Waals surface area (Å²) in [6.07, 6.45) is -0.604. The first kappa shape index (κ1) is 32.3. The summed E-state index contributed by atoms with van der Waals surface area (Å²) in [7, 11) is 1.97. The molecule has 0 saturated heterocycles. The van der Waals surface area contributed by atoms with Crippen LogP contribution < -0.4 is 5.32 Å². The Morgan fingerprint density at radius 2 is 1.54 bits per heavy atom. The van der Waals surface area contributed by atoms with Gasteiger partial charge in [-0.3, -0.25) is 15.0 Å². The van der Waals surface area contributed by atoms with Crippen LogP contribution in [0, 0.1) is 10.1 Å². The van der Waals surface area contributed by atoms with Crippen LogP contribution >= 0.6 is 11.3 Å². The number of dihydropyridines is 1. The van der Waals surface area contributed by atoms with Crippen LogP contribution in [0.2, 0.25) is 0 Å². The number of likely N-dealkylation sites (N-methyl/N-ethyl adjacent to an activating group) is 1. The van der Waals surface area contributed by atoms with E-state index in [2.05, 4.69) is 10.2 Å². The number of esters is 2. The number of rotatable bonds is 12.